The van der Waals surface area contributed by atoms with Gasteiger partial charge in [0.1, 0.15) is 0 Å². The minimum absolute atomic E-state index is 0.107. The Morgan fingerprint density at radius 1 is 1.32 bits per heavy atom. The minimum atomic E-state index is 0.107. The first-order valence-electron chi connectivity index (χ1n) is 6.53. The fourth-order valence-electron chi connectivity index (χ4n) is 1.87. The number of carbonyl (C=O) groups is 1. The lowest BCUT2D eigenvalue weighted by Gasteiger charge is -1.98. The number of carbonyl (C=O) groups excluding carboxylic acids is 1. The van der Waals surface area contributed by atoms with Crippen molar-refractivity contribution >= 4 is 44.8 Å². The third kappa shape index (κ3) is 3.48. The van der Waals surface area contributed by atoms with Crippen LogP contribution >= 0.6 is 39.0 Å². The van der Waals surface area contributed by atoms with Gasteiger partial charge in [0, 0.05) is 14.9 Å². The molecule has 4 nitrogen and oxygen atoms in total. The van der Waals surface area contributed by atoms with Crippen molar-refractivity contribution < 1.29 is 4.79 Å². The first-order chi connectivity index (χ1) is 10.6. The molecule has 0 amide bonds. The zero-order valence-electron chi connectivity index (χ0n) is 11.7. The van der Waals surface area contributed by atoms with Crippen molar-refractivity contribution in [1.29, 1.82) is 0 Å². The van der Waals surface area contributed by atoms with Crippen molar-refractivity contribution in [3.8, 4) is 11.4 Å². The normalized spacial score (nSPS) is 10.8. The van der Waals surface area contributed by atoms with E-state index < -0.39 is 0 Å². The van der Waals surface area contributed by atoms with Crippen LogP contribution in [-0.4, -0.2) is 26.7 Å². The summed E-state index contributed by atoms with van der Waals surface area (Å²) in [4.78, 5) is 18.4. The zero-order valence-corrected chi connectivity index (χ0v) is 14.9. The second-order valence-electron chi connectivity index (χ2n) is 4.57. The van der Waals surface area contributed by atoms with Crippen molar-refractivity contribution in [2.75, 3.05) is 5.75 Å². The Bertz CT molecular complexity index is 812. The minimum Gasteiger partial charge on any atom is -0.292 e. The van der Waals surface area contributed by atoms with E-state index in [2.05, 4.69) is 31.1 Å². The summed E-state index contributed by atoms with van der Waals surface area (Å²) in [5.41, 5.74) is 0.946. The largest absolute Gasteiger partial charge is 0.292 e. The number of ketones is 1. The van der Waals surface area contributed by atoms with Crippen LogP contribution in [0.25, 0.3) is 11.4 Å². The molecule has 0 aliphatic carbocycles. The Kier molecular flexibility index (Phi) is 4.75. The van der Waals surface area contributed by atoms with Crippen molar-refractivity contribution in [3.63, 3.8) is 0 Å². The lowest BCUT2D eigenvalue weighted by Crippen LogP contribution is -1.99. The van der Waals surface area contributed by atoms with Crippen molar-refractivity contribution in [2.24, 2.45) is 0 Å². The van der Waals surface area contributed by atoms with Gasteiger partial charge in [-0.2, -0.15) is 0 Å². The lowest BCUT2D eigenvalue weighted by molar-refractivity contribution is 0.102. The van der Waals surface area contributed by atoms with E-state index in [1.165, 1.54) is 23.1 Å². The third-order valence-corrected chi connectivity index (χ3v) is 5.52. The summed E-state index contributed by atoms with van der Waals surface area (Å²) in [5.74, 6) is 1.14. The average Bonchev–Trinajstić information content (AvgIpc) is 3.14. The van der Waals surface area contributed by atoms with Gasteiger partial charge >= 0.3 is 0 Å². The molecule has 112 valence electrons. The first kappa shape index (κ1) is 15.5. The molecule has 22 heavy (non-hydrogen) atoms. The second-order valence-corrected chi connectivity index (χ2v) is 7.65. The van der Waals surface area contributed by atoms with Crippen molar-refractivity contribution in [3.05, 3.63) is 50.6 Å². The van der Waals surface area contributed by atoms with E-state index in [-0.39, 0.29) is 5.78 Å². The molecule has 0 fully saturated rings. The number of H-pyrrole nitrogens is 1. The molecule has 0 atom stereocenters. The maximum Gasteiger partial charge on any atom is 0.209 e. The summed E-state index contributed by atoms with van der Waals surface area (Å²) in [6, 6.07) is 11.6. The van der Waals surface area contributed by atoms with E-state index in [4.69, 9.17) is 0 Å². The van der Waals surface area contributed by atoms with Gasteiger partial charge in [0.25, 0.3) is 0 Å². The van der Waals surface area contributed by atoms with Gasteiger partial charge in [-0.3, -0.25) is 9.89 Å². The zero-order chi connectivity index (χ0) is 15.5. The van der Waals surface area contributed by atoms with Gasteiger partial charge in [-0.1, -0.05) is 45.9 Å². The highest BCUT2D eigenvalue weighted by Gasteiger charge is 2.12. The molecule has 1 aromatic carbocycles. The number of nitrogens with zero attached hydrogens (tertiary/aromatic N) is 2. The van der Waals surface area contributed by atoms with Crippen LogP contribution < -0.4 is 0 Å². The van der Waals surface area contributed by atoms with Gasteiger partial charge in [-0.05, 0) is 25.1 Å². The highest BCUT2D eigenvalue weighted by atomic mass is 79.9. The molecule has 3 rings (SSSR count). The topological polar surface area (TPSA) is 58.6 Å². The van der Waals surface area contributed by atoms with Gasteiger partial charge in [-0.15, -0.1) is 16.4 Å². The fraction of sp³-hybridized carbons (Fsp3) is 0.133. The number of nitrogens with one attached hydrogen (secondary N) is 1. The third-order valence-electron chi connectivity index (χ3n) is 2.94. The molecule has 3 aromatic rings. The molecule has 0 bridgehead atoms. The van der Waals surface area contributed by atoms with Crippen LogP contribution in [0.15, 0.2) is 46.0 Å². The second kappa shape index (κ2) is 6.76. The number of thioether (sulfide) groups is 1. The number of hydrogen-bond acceptors (Lipinski definition) is 5. The van der Waals surface area contributed by atoms with Crippen LogP contribution in [-0.2, 0) is 0 Å². The maximum atomic E-state index is 12.1. The number of Topliss-reactive ketones (excluding diaryl/α,β-unsaturated/α-hetero) is 1. The molecule has 1 N–H and O–H groups in total. The first-order valence-corrected chi connectivity index (χ1v) is 9.13. The number of thiophene rings is 1. The van der Waals surface area contributed by atoms with Crippen LogP contribution in [0.1, 0.15) is 14.5 Å². The van der Waals surface area contributed by atoms with Crippen molar-refractivity contribution in [1.82, 2.24) is 15.2 Å². The SMILES string of the molecule is Cc1ccc(C(=O)CSc2n[nH]c(-c3ccccc3Br)n2)s1. The molecule has 0 aliphatic rings. The Hall–Kier alpha value is -1.44. The molecule has 0 unspecified atom stereocenters. The smallest absolute Gasteiger partial charge is 0.209 e. The van der Waals surface area contributed by atoms with Crippen molar-refractivity contribution in [2.45, 2.75) is 12.1 Å². The number of halogens is 1. The van der Waals surface area contributed by atoms with E-state index in [1.807, 2.05) is 43.3 Å². The van der Waals surface area contributed by atoms with Crippen LogP contribution in [0, 0.1) is 6.92 Å². The monoisotopic (exact) mass is 393 g/mol. The molecule has 2 aromatic heterocycles. The molecule has 0 saturated carbocycles. The molecule has 2 heterocycles. The quantitative estimate of drug-likeness (QED) is 0.508. The highest BCUT2D eigenvalue weighted by molar-refractivity contribution is 9.10. The summed E-state index contributed by atoms with van der Waals surface area (Å²) < 4.78 is 0.952. The lowest BCUT2D eigenvalue weighted by atomic mass is 10.2. The standard InChI is InChI=1S/C15H12BrN3OS2/c1-9-6-7-13(22-9)12(20)8-21-15-17-14(18-19-15)10-4-2-3-5-11(10)16/h2-7H,8H2,1H3,(H,17,18,19). The van der Waals surface area contributed by atoms with Crippen LogP contribution in [0.2, 0.25) is 0 Å². The summed E-state index contributed by atoms with van der Waals surface area (Å²) >= 11 is 6.35. The van der Waals surface area contributed by atoms with E-state index in [0.29, 0.717) is 16.7 Å². The summed E-state index contributed by atoms with van der Waals surface area (Å²) in [7, 11) is 0. The van der Waals surface area contributed by atoms with E-state index in [1.54, 1.807) is 0 Å². The average molecular weight is 394 g/mol. The maximum absolute atomic E-state index is 12.1. The molecule has 7 heteroatoms. The number of benzene rings is 1. The Balaban J connectivity index is 1.67. The molecule has 0 saturated heterocycles. The molecule has 0 radical (unpaired) electrons. The van der Waals surface area contributed by atoms with Gasteiger partial charge in [0.05, 0.1) is 10.6 Å². The number of aryl methyl sites for hydroxylation is 1. The summed E-state index contributed by atoms with van der Waals surface area (Å²) in [6.07, 6.45) is 0. The fourth-order valence-corrected chi connectivity index (χ4v) is 3.92. The summed E-state index contributed by atoms with van der Waals surface area (Å²) in [6.45, 7) is 1.99. The molecule has 0 spiro atoms. The van der Waals surface area contributed by atoms with Crippen LogP contribution in [0.3, 0.4) is 0 Å². The van der Waals surface area contributed by atoms with Gasteiger partial charge < -0.3 is 0 Å². The number of aromatic amines is 1. The Morgan fingerprint density at radius 2 is 2.14 bits per heavy atom. The van der Waals surface area contributed by atoms with Crippen LogP contribution in [0.4, 0.5) is 0 Å². The van der Waals surface area contributed by atoms with E-state index in [9.17, 15) is 4.79 Å². The number of hydrogen-bond donors (Lipinski definition) is 1. The van der Waals surface area contributed by atoms with Gasteiger partial charge in [0.2, 0.25) is 5.16 Å². The Labute approximate surface area is 144 Å². The van der Waals surface area contributed by atoms with Gasteiger partial charge in [-0.25, -0.2) is 4.98 Å². The predicted octanol–water partition coefficient (Wildman–Crippen LogP) is 4.58. The molecular formula is C15H12BrN3OS2. The molecular weight excluding hydrogens is 382 g/mol. The highest BCUT2D eigenvalue weighted by Crippen LogP contribution is 2.27. The Morgan fingerprint density at radius 3 is 2.86 bits per heavy atom. The number of rotatable bonds is 5. The van der Waals surface area contributed by atoms with E-state index >= 15 is 0 Å². The van der Waals surface area contributed by atoms with Gasteiger partial charge in [0.15, 0.2) is 11.6 Å². The van der Waals surface area contributed by atoms with Crippen LogP contribution in [0.5, 0.6) is 0 Å². The molecule has 0 aliphatic heterocycles. The van der Waals surface area contributed by atoms with E-state index in [0.717, 1.165) is 19.8 Å². The predicted molar refractivity (Wildman–Crippen MR) is 93.6 cm³/mol. The summed E-state index contributed by atoms with van der Waals surface area (Å²) in [5, 5.41) is 7.65. The number of aromatic nitrogens is 3.